The Kier molecular flexibility index (Phi) is 4.53. The molecule has 0 aliphatic rings. The lowest BCUT2D eigenvalue weighted by Gasteiger charge is -2.16. The van der Waals surface area contributed by atoms with Crippen LogP contribution in [0, 0.1) is 0 Å². The Hall–Kier alpha value is -1.61. The molecule has 0 bridgehead atoms. The molecule has 0 saturated heterocycles. The Morgan fingerprint density at radius 3 is 2.72 bits per heavy atom. The average Bonchev–Trinajstić information content (AvgIpc) is 2.88. The third kappa shape index (κ3) is 2.99. The van der Waals surface area contributed by atoms with Gasteiger partial charge in [-0.25, -0.2) is 4.98 Å². The summed E-state index contributed by atoms with van der Waals surface area (Å²) >= 11 is 0. The van der Waals surface area contributed by atoms with Crippen molar-refractivity contribution in [2.45, 2.75) is 32.4 Å². The molecule has 1 aromatic carbocycles. The molecule has 0 saturated carbocycles. The van der Waals surface area contributed by atoms with Gasteiger partial charge in [0, 0.05) is 31.4 Å². The Labute approximate surface area is 109 Å². The highest BCUT2D eigenvalue weighted by Gasteiger charge is 2.10. The van der Waals surface area contributed by atoms with Crippen LogP contribution < -0.4 is 5.32 Å². The topological polar surface area (TPSA) is 29.9 Å². The lowest BCUT2D eigenvalue weighted by molar-refractivity contribution is 0.531. The van der Waals surface area contributed by atoms with Gasteiger partial charge in [0.2, 0.25) is 0 Å². The van der Waals surface area contributed by atoms with Gasteiger partial charge in [-0.3, -0.25) is 0 Å². The third-order valence-corrected chi connectivity index (χ3v) is 3.35. The second kappa shape index (κ2) is 6.36. The first-order chi connectivity index (χ1) is 8.85. The minimum Gasteiger partial charge on any atom is -0.335 e. The Morgan fingerprint density at radius 1 is 1.28 bits per heavy atom. The molecule has 2 rings (SSSR count). The van der Waals surface area contributed by atoms with Gasteiger partial charge in [-0.1, -0.05) is 30.3 Å². The molecule has 3 nitrogen and oxygen atoms in total. The smallest absolute Gasteiger partial charge is 0.108 e. The number of hydrogen-bond donors (Lipinski definition) is 1. The predicted molar refractivity (Wildman–Crippen MR) is 74.5 cm³/mol. The highest BCUT2D eigenvalue weighted by atomic mass is 15.1. The summed E-state index contributed by atoms with van der Waals surface area (Å²) < 4.78 is 2.21. The quantitative estimate of drug-likeness (QED) is 0.845. The fourth-order valence-electron chi connectivity index (χ4n) is 2.29. The zero-order valence-corrected chi connectivity index (χ0v) is 11.1. The monoisotopic (exact) mass is 243 g/mol. The third-order valence-electron chi connectivity index (χ3n) is 3.35. The van der Waals surface area contributed by atoms with Crippen LogP contribution in [0.1, 0.15) is 30.8 Å². The molecule has 3 heteroatoms. The molecule has 96 valence electrons. The van der Waals surface area contributed by atoms with E-state index in [2.05, 4.69) is 52.1 Å². The summed E-state index contributed by atoms with van der Waals surface area (Å²) in [6.07, 6.45) is 6.00. The molecule has 0 aliphatic carbocycles. The standard InChI is InChI=1S/C15H21N3/c1-3-18-12-11-17-15(18)10-9-14(16-2)13-7-5-4-6-8-13/h4-8,11-12,14,16H,3,9-10H2,1-2H3. The van der Waals surface area contributed by atoms with Gasteiger partial charge >= 0.3 is 0 Å². The second-order valence-electron chi connectivity index (χ2n) is 4.42. The van der Waals surface area contributed by atoms with Crippen LogP contribution in [0.3, 0.4) is 0 Å². The molecule has 0 fully saturated rings. The van der Waals surface area contributed by atoms with E-state index in [0.717, 1.165) is 19.4 Å². The lowest BCUT2D eigenvalue weighted by atomic mass is 10.0. The number of nitrogens with one attached hydrogen (secondary N) is 1. The lowest BCUT2D eigenvalue weighted by Crippen LogP contribution is -2.17. The number of rotatable bonds is 6. The first-order valence-electron chi connectivity index (χ1n) is 6.57. The summed E-state index contributed by atoms with van der Waals surface area (Å²) in [7, 11) is 2.02. The zero-order chi connectivity index (χ0) is 12.8. The summed E-state index contributed by atoms with van der Waals surface area (Å²) in [5.74, 6) is 1.17. The van der Waals surface area contributed by atoms with Crippen LogP contribution in [-0.4, -0.2) is 16.6 Å². The van der Waals surface area contributed by atoms with Crippen molar-refractivity contribution in [2.75, 3.05) is 7.05 Å². The fraction of sp³-hybridized carbons (Fsp3) is 0.400. The van der Waals surface area contributed by atoms with Crippen molar-refractivity contribution in [2.24, 2.45) is 0 Å². The molecule has 0 amide bonds. The number of aromatic nitrogens is 2. The molecule has 18 heavy (non-hydrogen) atoms. The minimum absolute atomic E-state index is 0.396. The zero-order valence-electron chi connectivity index (χ0n) is 11.1. The van der Waals surface area contributed by atoms with E-state index in [1.807, 2.05) is 19.4 Å². The molecule has 0 aliphatic heterocycles. The molecule has 0 spiro atoms. The van der Waals surface area contributed by atoms with Crippen molar-refractivity contribution in [3.63, 3.8) is 0 Å². The van der Waals surface area contributed by atoms with E-state index in [1.54, 1.807) is 0 Å². The number of hydrogen-bond acceptors (Lipinski definition) is 2. The molecule has 1 unspecified atom stereocenters. The molecular formula is C15H21N3. The molecule has 1 N–H and O–H groups in total. The molecular weight excluding hydrogens is 222 g/mol. The molecule has 1 aromatic heterocycles. The summed E-state index contributed by atoms with van der Waals surface area (Å²) in [6, 6.07) is 11.0. The minimum atomic E-state index is 0.396. The van der Waals surface area contributed by atoms with Crippen LogP contribution >= 0.6 is 0 Å². The van der Waals surface area contributed by atoms with Gasteiger partial charge in [-0.2, -0.15) is 0 Å². The number of aryl methyl sites for hydroxylation is 2. The van der Waals surface area contributed by atoms with E-state index in [-0.39, 0.29) is 0 Å². The SMILES string of the molecule is CCn1ccnc1CCC(NC)c1ccccc1. The van der Waals surface area contributed by atoms with Crippen molar-refractivity contribution >= 4 is 0 Å². The van der Waals surface area contributed by atoms with Gasteiger partial charge in [-0.05, 0) is 26.0 Å². The number of imidazole rings is 1. The van der Waals surface area contributed by atoms with E-state index < -0.39 is 0 Å². The highest BCUT2D eigenvalue weighted by molar-refractivity contribution is 5.18. The highest BCUT2D eigenvalue weighted by Crippen LogP contribution is 2.18. The van der Waals surface area contributed by atoms with Crippen molar-refractivity contribution < 1.29 is 0 Å². The second-order valence-corrected chi connectivity index (χ2v) is 4.42. The van der Waals surface area contributed by atoms with Crippen molar-refractivity contribution in [3.05, 3.63) is 54.1 Å². The average molecular weight is 243 g/mol. The maximum atomic E-state index is 4.42. The van der Waals surface area contributed by atoms with Crippen molar-refractivity contribution in [1.82, 2.24) is 14.9 Å². The van der Waals surface area contributed by atoms with E-state index in [0.29, 0.717) is 6.04 Å². The largest absolute Gasteiger partial charge is 0.335 e. The van der Waals surface area contributed by atoms with Crippen LogP contribution in [-0.2, 0) is 13.0 Å². The summed E-state index contributed by atoms with van der Waals surface area (Å²) in [5.41, 5.74) is 1.34. The maximum Gasteiger partial charge on any atom is 0.108 e. The molecule has 0 radical (unpaired) electrons. The maximum absolute atomic E-state index is 4.42. The van der Waals surface area contributed by atoms with Gasteiger partial charge in [-0.15, -0.1) is 0 Å². The van der Waals surface area contributed by atoms with E-state index >= 15 is 0 Å². The summed E-state index contributed by atoms with van der Waals surface area (Å²) in [6.45, 7) is 3.14. The normalized spacial score (nSPS) is 12.6. The van der Waals surface area contributed by atoms with Crippen LogP contribution in [0.4, 0.5) is 0 Å². The van der Waals surface area contributed by atoms with E-state index in [1.165, 1.54) is 11.4 Å². The van der Waals surface area contributed by atoms with Crippen LogP contribution in [0.2, 0.25) is 0 Å². The summed E-state index contributed by atoms with van der Waals surface area (Å²) in [5, 5.41) is 3.38. The molecule has 2 aromatic rings. The van der Waals surface area contributed by atoms with Gasteiger partial charge < -0.3 is 9.88 Å². The van der Waals surface area contributed by atoms with E-state index in [4.69, 9.17) is 0 Å². The van der Waals surface area contributed by atoms with Crippen molar-refractivity contribution in [1.29, 1.82) is 0 Å². The Bertz CT molecular complexity index is 462. The Balaban J connectivity index is 2.00. The van der Waals surface area contributed by atoms with Gasteiger partial charge in [0.1, 0.15) is 5.82 Å². The number of nitrogens with zero attached hydrogens (tertiary/aromatic N) is 2. The van der Waals surface area contributed by atoms with Crippen LogP contribution in [0.25, 0.3) is 0 Å². The van der Waals surface area contributed by atoms with Crippen molar-refractivity contribution in [3.8, 4) is 0 Å². The fourth-order valence-corrected chi connectivity index (χ4v) is 2.29. The molecule has 1 heterocycles. The predicted octanol–water partition coefficient (Wildman–Crippen LogP) is 2.80. The first kappa shape index (κ1) is 12.8. The van der Waals surface area contributed by atoms with Crippen LogP contribution in [0.5, 0.6) is 0 Å². The summed E-state index contributed by atoms with van der Waals surface area (Å²) in [4.78, 5) is 4.42. The Morgan fingerprint density at radius 2 is 2.06 bits per heavy atom. The van der Waals surface area contributed by atoms with Gasteiger partial charge in [0.05, 0.1) is 0 Å². The van der Waals surface area contributed by atoms with Crippen LogP contribution in [0.15, 0.2) is 42.7 Å². The number of benzene rings is 1. The van der Waals surface area contributed by atoms with Gasteiger partial charge in [0.25, 0.3) is 0 Å². The molecule has 1 atom stereocenters. The van der Waals surface area contributed by atoms with Gasteiger partial charge in [0.15, 0.2) is 0 Å². The first-order valence-corrected chi connectivity index (χ1v) is 6.57. The van der Waals surface area contributed by atoms with E-state index in [9.17, 15) is 0 Å².